The maximum Gasteiger partial charge on any atom is 0.162 e. The quantitative estimate of drug-likeness (QED) is 0.797. The zero-order chi connectivity index (χ0) is 10.1. The SMILES string of the molecule is CCOc1c(Cl)cc2ccsc2c1N. The highest BCUT2D eigenvalue weighted by atomic mass is 35.5. The van der Waals surface area contributed by atoms with E-state index in [0.717, 1.165) is 10.1 Å². The van der Waals surface area contributed by atoms with Crippen LogP contribution in [-0.2, 0) is 0 Å². The van der Waals surface area contributed by atoms with Crippen LogP contribution in [0.5, 0.6) is 5.75 Å². The predicted molar refractivity (Wildman–Crippen MR) is 62.4 cm³/mol. The van der Waals surface area contributed by atoms with Crippen molar-refractivity contribution >= 4 is 38.7 Å². The van der Waals surface area contributed by atoms with Crippen LogP contribution in [0.2, 0.25) is 5.02 Å². The molecule has 2 nitrogen and oxygen atoms in total. The molecule has 0 saturated heterocycles. The number of benzene rings is 1. The van der Waals surface area contributed by atoms with Gasteiger partial charge in [0.15, 0.2) is 5.75 Å². The van der Waals surface area contributed by atoms with Gasteiger partial charge in [0, 0.05) is 0 Å². The molecule has 0 radical (unpaired) electrons. The molecule has 0 aliphatic carbocycles. The number of anilines is 1. The second-order valence-electron chi connectivity index (χ2n) is 2.87. The molecule has 0 atom stereocenters. The van der Waals surface area contributed by atoms with Crippen LogP contribution in [0, 0.1) is 0 Å². The van der Waals surface area contributed by atoms with E-state index in [4.69, 9.17) is 22.1 Å². The van der Waals surface area contributed by atoms with Crippen molar-refractivity contribution < 1.29 is 4.74 Å². The minimum Gasteiger partial charge on any atom is -0.490 e. The Kier molecular flexibility index (Phi) is 2.52. The van der Waals surface area contributed by atoms with Gasteiger partial charge in [-0.1, -0.05) is 11.6 Å². The lowest BCUT2D eigenvalue weighted by atomic mass is 10.2. The Morgan fingerprint density at radius 1 is 1.57 bits per heavy atom. The topological polar surface area (TPSA) is 35.2 Å². The molecule has 2 aromatic rings. The lowest BCUT2D eigenvalue weighted by molar-refractivity contribution is 0.342. The van der Waals surface area contributed by atoms with E-state index < -0.39 is 0 Å². The largest absolute Gasteiger partial charge is 0.490 e. The van der Waals surface area contributed by atoms with Gasteiger partial charge in [-0.15, -0.1) is 11.3 Å². The number of halogens is 1. The van der Waals surface area contributed by atoms with E-state index in [9.17, 15) is 0 Å². The van der Waals surface area contributed by atoms with Crippen molar-refractivity contribution in [3.63, 3.8) is 0 Å². The van der Waals surface area contributed by atoms with Gasteiger partial charge in [0.25, 0.3) is 0 Å². The lowest BCUT2D eigenvalue weighted by Crippen LogP contribution is -1.97. The van der Waals surface area contributed by atoms with Crippen molar-refractivity contribution in [1.82, 2.24) is 0 Å². The molecule has 1 aromatic carbocycles. The van der Waals surface area contributed by atoms with Crippen LogP contribution in [0.4, 0.5) is 5.69 Å². The smallest absolute Gasteiger partial charge is 0.162 e. The molecular weight excluding hydrogens is 218 g/mol. The molecule has 0 spiro atoms. The summed E-state index contributed by atoms with van der Waals surface area (Å²) in [5, 5.41) is 3.64. The fourth-order valence-corrected chi connectivity index (χ4v) is 2.48. The molecule has 0 unspecified atom stereocenters. The van der Waals surface area contributed by atoms with Gasteiger partial charge in [-0.05, 0) is 29.8 Å². The van der Waals surface area contributed by atoms with Crippen molar-refractivity contribution in [2.24, 2.45) is 0 Å². The normalized spacial score (nSPS) is 10.7. The van der Waals surface area contributed by atoms with Crippen LogP contribution in [0.3, 0.4) is 0 Å². The number of rotatable bonds is 2. The van der Waals surface area contributed by atoms with Gasteiger partial charge >= 0.3 is 0 Å². The first kappa shape index (κ1) is 9.62. The Bertz CT molecular complexity index is 466. The monoisotopic (exact) mass is 227 g/mol. The summed E-state index contributed by atoms with van der Waals surface area (Å²) >= 11 is 7.64. The van der Waals surface area contributed by atoms with E-state index in [0.29, 0.717) is 23.1 Å². The van der Waals surface area contributed by atoms with E-state index in [-0.39, 0.29) is 0 Å². The fraction of sp³-hybridized carbons (Fsp3) is 0.200. The van der Waals surface area contributed by atoms with Gasteiger partial charge in [-0.3, -0.25) is 0 Å². The molecule has 2 rings (SSSR count). The van der Waals surface area contributed by atoms with Gasteiger partial charge in [0.1, 0.15) is 0 Å². The van der Waals surface area contributed by atoms with E-state index in [2.05, 4.69) is 0 Å². The van der Waals surface area contributed by atoms with Crippen molar-refractivity contribution in [3.8, 4) is 5.75 Å². The van der Waals surface area contributed by atoms with Crippen LogP contribution < -0.4 is 10.5 Å². The minimum absolute atomic E-state index is 0.570. The maximum absolute atomic E-state index is 6.04. The molecule has 0 bridgehead atoms. The van der Waals surface area contributed by atoms with Crippen molar-refractivity contribution in [2.45, 2.75) is 6.92 Å². The van der Waals surface area contributed by atoms with E-state index in [1.54, 1.807) is 11.3 Å². The first-order valence-corrected chi connectivity index (χ1v) is 5.57. The third-order valence-corrected chi connectivity index (χ3v) is 3.22. The molecular formula is C10H10ClNOS. The first-order valence-electron chi connectivity index (χ1n) is 4.32. The number of nitrogens with two attached hydrogens (primary N) is 1. The summed E-state index contributed by atoms with van der Waals surface area (Å²) in [6, 6.07) is 3.88. The van der Waals surface area contributed by atoms with Crippen molar-refractivity contribution in [1.29, 1.82) is 0 Å². The third-order valence-electron chi connectivity index (χ3n) is 1.97. The molecule has 74 valence electrons. The summed E-state index contributed by atoms with van der Waals surface area (Å²) in [5.41, 5.74) is 6.59. The number of hydrogen-bond donors (Lipinski definition) is 1. The fourth-order valence-electron chi connectivity index (χ4n) is 1.38. The second-order valence-corrected chi connectivity index (χ2v) is 4.20. The summed E-state index contributed by atoms with van der Waals surface area (Å²) in [7, 11) is 0. The van der Waals surface area contributed by atoms with Crippen LogP contribution in [0.15, 0.2) is 17.5 Å². The van der Waals surface area contributed by atoms with Crippen LogP contribution in [0.25, 0.3) is 10.1 Å². The second kappa shape index (κ2) is 3.67. The van der Waals surface area contributed by atoms with Crippen molar-refractivity contribution in [2.75, 3.05) is 12.3 Å². The summed E-state index contributed by atoms with van der Waals surface area (Å²) in [5.74, 6) is 0.601. The van der Waals surface area contributed by atoms with E-state index in [1.807, 2.05) is 24.4 Å². The summed E-state index contributed by atoms with van der Waals surface area (Å²) in [6.07, 6.45) is 0. The Balaban J connectivity index is 2.69. The Hall–Kier alpha value is -0.930. The van der Waals surface area contributed by atoms with Gasteiger partial charge in [-0.25, -0.2) is 0 Å². The Morgan fingerprint density at radius 2 is 2.36 bits per heavy atom. The number of fused-ring (bicyclic) bond motifs is 1. The predicted octanol–water partition coefficient (Wildman–Crippen LogP) is 3.54. The van der Waals surface area contributed by atoms with Crippen LogP contribution in [-0.4, -0.2) is 6.61 Å². The zero-order valence-electron chi connectivity index (χ0n) is 7.71. The van der Waals surface area contributed by atoms with Gasteiger partial charge < -0.3 is 10.5 Å². The van der Waals surface area contributed by atoms with Gasteiger partial charge in [0.2, 0.25) is 0 Å². The molecule has 0 aliphatic heterocycles. The minimum atomic E-state index is 0.570. The average Bonchev–Trinajstić information content (AvgIpc) is 2.60. The summed E-state index contributed by atoms with van der Waals surface area (Å²) in [6.45, 7) is 2.48. The molecule has 0 amide bonds. The molecule has 4 heteroatoms. The third kappa shape index (κ3) is 1.42. The molecule has 0 aliphatic rings. The zero-order valence-corrected chi connectivity index (χ0v) is 9.28. The molecule has 1 heterocycles. The Labute approximate surface area is 91.2 Å². The highest BCUT2D eigenvalue weighted by Gasteiger charge is 2.11. The van der Waals surface area contributed by atoms with E-state index in [1.165, 1.54) is 0 Å². The molecule has 1 aromatic heterocycles. The lowest BCUT2D eigenvalue weighted by Gasteiger charge is -2.09. The van der Waals surface area contributed by atoms with E-state index >= 15 is 0 Å². The number of hydrogen-bond acceptors (Lipinski definition) is 3. The average molecular weight is 228 g/mol. The highest BCUT2D eigenvalue weighted by molar-refractivity contribution is 7.17. The summed E-state index contributed by atoms with van der Waals surface area (Å²) in [4.78, 5) is 0. The molecule has 14 heavy (non-hydrogen) atoms. The van der Waals surface area contributed by atoms with Gasteiger partial charge in [0.05, 0.1) is 22.0 Å². The molecule has 0 fully saturated rings. The van der Waals surface area contributed by atoms with Gasteiger partial charge in [-0.2, -0.15) is 0 Å². The molecule has 0 saturated carbocycles. The molecule has 2 N–H and O–H groups in total. The number of thiophene rings is 1. The maximum atomic E-state index is 6.04. The Morgan fingerprint density at radius 3 is 3.07 bits per heavy atom. The summed E-state index contributed by atoms with van der Waals surface area (Å²) < 4.78 is 6.43. The number of ether oxygens (including phenoxy) is 1. The standard InChI is InChI=1S/C10H10ClNOS/c1-2-13-9-7(11)5-6-3-4-14-10(6)8(9)12/h3-5H,2,12H2,1H3. The van der Waals surface area contributed by atoms with Crippen molar-refractivity contribution in [3.05, 3.63) is 22.5 Å². The number of nitrogen functional groups attached to an aromatic ring is 1. The van der Waals surface area contributed by atoms with Crippen LogP contribution >= 0.6 is 22.9 Å². The highest BCUT2D eigenvalue weighted by Crippen LogP contribution is 2.40. The first-order chi connectivity index (χ1) is 6.74. The van der Waals surface area contributed by atoms with Crippen LogP contribution in [0.1, 0.15) is 6.92 Å².